The van der Waals surface area contributed by atoms with Crippen LogP contribution in [0.5, 0.6) is 0 Å². The number of oxazole rings is 1. The van der Waals surface area contributed by atoms with E-state index in [1.165, 1.54) is 6.20 Å². The molecule has 10 heteroatoms. The van der Waals surface area contributed by atoms with Crippen LogP contribution in [0.25, 0.3) is 11.5 Å². The molecule has 2 N–H and O–H groups in total. The zero-order valence-corrected chi connectivity index (χ0v) is 27.4. The summed E-state index contributed by atoms with van der Waals surface area (Å²) < 4.78 is 18.1. The van der Waals surface area contributed by atoms with E-state index in [1.807, 2.05) is 76.8 Å². The molecular weight excluding hydrogens is 582 g/mol. The number of pyridine rings is 1. The Morgan fingerprint density at radius 1 is 1.04 bits per heavy atom. The molecule has 4 rings (SSSR count). The fraction of sp³-hybridized carbons (Fsp3) is 0.333. The highest BCUT2D eigenvalue weighted by atomic mass is 16.6. The van der Waals surface area contributed by atoms with Gasteiger partial charge in [0.05, 0.1) is 30.5 Å². The highest BCUT2D eigenvalue weighted by molar-refractivity contribution is 5.95. The van der Waals surface area contributed by atoms with Crippen LogP contribution in [0.15, 0.2) is 107 Å². The Hall–Kier alpha value is -4.80. The van der Waals surface area contributed by atoms with Gasteiger partial charge in [-0.25, -0.2) is 4.98 Å². The Kier molecular flexibility index (Phi) is 11.5. The van der Waals surface area contributed by atoms with Crippen molar-refractivity contribution in [2.24, 2.45) is 0 Å². The number of nitrogens with zero attached hydrogens (tertiary/aromatic N) is 3. The maximum Gasteiger partial charge on any atom is 0.271 e. The SMILES string of the molecule is C=C(OCC)C(C)(C)OC1C=C(C)C=C(CN(CC(=O)NNC(=O)c2cccnc2)Cc2nc(-c3ccccc3)oc2C)C=C1C. The van der Waals surface area contributed by atoms with Gasteiger partial charge in [0.15, 0.2) is 0 Å². The molecule has 2 amide bonds. The third-order valence-electron chi connectivity index (χ3n) is 7.40. The Labute approximate surface area is 270 Å². The second-order valence-electron chi connectivity index (χ2n) is 11.7. The van der Waals surface area contributed by atoms with Gasteiger partial charge in [0.25, 0.3) is 11.8 Å². The molecular formula is C36H43N5O5. The molecule has 0 radical (unpaired) electrons. The predicted octanol–water partition coefficient (Wildman–Crippen LogP) is 5.85. The van der Waals surface area contributed by atoms with E-state index in [1.54, 1.807) is 18.3 Å². The van der Waals surface area contributed by atoms with Crippen molar-refractivity contribution in [3.05, 3.63) is 119 Å². The van der Waals surface area contributed by atoms with Gasteiger partial charge in [0, 0.05) is 31.0 Å². The summed E-state index contributed by atoms with van der Waals surface area (Å²) in [4.78, 5) is 36.3. The van der Waals surface area contributed by atoms with Crippen LogP contribution >= 0.6 is 0 Å². The number of aryl methyl sites for hydroxylation is 1. The quantitative estimate of drug-likeness (QED) is 0.179. The Morgan fingerprint density at radius 2 is 1.80 bits per heavy atom. The second kappa shape index (κ2) is 15.5. The first-order valence-corrected chi connectivity index (χ1v) is 15.3. The van der Waals surface area contributed by atoms with E-state index in [4.69, 9.17) is 18.9 Å². The fourth-order valence-corrected chi connectivity index (χ4v) is 4.93. The zero-order chi connectivity index (χ0) is 33.3. The largest absolute Gasteiger partial charge is 0.496 e. The average Bonchev–Trinajstić information content (AvgIpc) is 3.33. The number of aromatic nitrogens is 2. The van der Waals surface area contributed by atoms with Crippen LogP contribution in [0, 0.1) is 6.92 Å². The normalized spacial score (nSPS) is 14.9. The van der Waals surface area contributed by atoms with Gasteiger partial charge in [-0.2, -0.15) is 0 Å². The Morgan fingerprint density at radius 3 is 2.50 bits per heavy atom. The predicted molar refractivity (Wildman–Crippen MR) is 177 cm³/mol. The van der Waals surface area contributed by atoms with E-state index in [9.17, 15) is 9.59 Å². The summed E-state index contributed by atoms with van der Waals surface area (Å²) in [6, 6.07) is 12.9. The third-order valence-corrected chi connectivity index (χ3v) is 7.40. The molecule has 0 saturated heterocycles. The maximum atomic E-state index is 13.1. The van der Waals surface area contributed by atoms with Crippen molar-refractivity contribution in [3.8, 4) is 11.5 Å². The lowest BCUT2D eigenvalue weighted by atomic mass is 10.0. The van der Waals surface area contributed by atoms with Crippen molar-refractivity contribution in [2.75, 3.05) is 19.7 Å². The summed E-state index contributed by atoms with van der Waals surface area (Å²) in [5, 5.41) is 0. The summed E-state index contributed by atoms with van der Waals surface area (Å²) in [6.07, 6.45) is 8.93. The van der Waals surface area contributed by atoms with Gasteiger partial charge < -0.3 is 13.9 Å². The van der Waals surface area contributed by atoms with Crippen LogP contribution in [0.1, 0.15) is 56.4 Å². The Balaban J connectivity index is 1.54. The standard InChI is InChI=1S/C36H43N5O5/c1-8-44-27(5)36(6,7)46-32-18-24(2)17-28(19-25(32)3)21-41(23-33(42)39-40-34(43)30-15-12-16-37-20-30)22-31-26(4)45-35(38-31)29-13-10-9-11-14-29/h9-20,32H,5,8,21-23H2,1-4,6-7H3,(H,39,42)(H,40,43). The van der Waals surface area contributed by atoms with E-state index < -0.39 is 11.5 Å². The van der Waals surface area contributed by atoms with Gasteiger partial charge in [0.2, 0.25) is 5.89 Å². The van der Waals surface area contributed by atoms with Gasteiger partial charge in [-0.15, -0.1) is 0 Å². The van der Waals surface area contributed by atoms with Gasteiger partial charge in [-0.1, -0.05) is 42.5 Å². The first-order valence-electron chi connectivity index (χ1n) is 15.3. The summed E-state index contributed by atoms with van der Waals surface area (Å²) >= 11 is 0. The number of hydrazine groups is 1. The van der Waals surface area contributed by atoms with E-state index in [2.05, 4.69) is 40.6 Å². The number of nitrogens with one attached hydrogen (secondary N) is 2. The van der Waals surface area contributed by atoms with Crippen LogP contribution in [-0.2, 0) is 20.8 Å². The van der Waals surface area contributed by atoms with Gasteiger partial charge in [-0.3, -0.25) is 30.3 Å². The molecule has 2 heterocycles. The molecule has 2 aromatic heterocycles. The highest BCUT2D eigenvalue weighted by Crippen LogP contribution is 2.29. The summed E-state index contributed by atoms with van der Waals surface area (Å²) in [6.45, 7) is 17.0. The summed E-state index contributed by atoms with van der Waals surface area (Å²) in [7, 11) is 0. The molecule has 3 aromatic rings. The summed E-state index contributed by atoms with van der Waals surface area (Å²) in [5.74, 6) is 0.899. The van der Waals surface area contributed by atoms with Crippen LogP contribution in [0.4, 0.5) is 0 Å². The molecule has 10 nitrogen and oxygen atoms in total. The fourth-order valence-electron chi connectivity index (χ4n) is 4.93. The van der Waals surface area contributed by atoms with Crippen molar-refractivity contribution in [1.29, 1.82) is 0 Å². The maximum absolute atomic E-state index is 13.1. The lowest BCUT2D eigenvalue weighted by Crippen LogP contribution is -2.46. The minimum Gasteiger partial charge on any atom is -0.496 e. The molecule has 46 heavy (non-hydrogen) atoms. The number of benzene rings is 1. The van der Waals surface area contributed by atoms with E-state index in [0.717, 1.165) is 22.3 Å². The molecule has 242 valence electrons. The number of hydrogen-bond donors (Lipinski definition) is 2. The molecule has 0 aliphatic heterocycles. The number of allylic oxidation sites excluding steroid dienone is 2. The van der Waals surface area contributed by atoms with Gasteiger partial charge >= 0.3 is 0 Å². The smallest absolute Gasteiger partial charge is 0.271 e. The number of carbonyl (C=O) groups is 2. The molecule has 1 aliphatic carbocycles. The first-order chi connectivity index (χ1) is 21.9. The first kappa shape index (κ1) is 34.1. The molecule has 1 aromatic carbocycles. The summed E-state index contributed by atoms with van der Waals surface area (Å²) in [5.41, 5.74) is 9.20. The molecule has 0 saturated carbocycles. The number of amides is 2. The topological polar surface area (TPSA) is 119 Å². The van der Waals surface area contributed by atoms with E-state index in [0.29, 0.717) is 48.4 Å². The van der Waals surface area contributed by atoms with E-state index >= 15 is 0 Å². The van der Waals surface area contributed by atoms with Crippen LogP contribution in [0.3, 0.4) is 0 Å². The highest BCUT2D eigenvalue weighted by Gasteiger charge is 2.29. The van der Waals surface area contributed by atoms with E-state index in [-0.39, 0.29) is 18.6 Å². The lowest BCUT2D eigenvalue weighted by molar-refractivity contribution is -0.123. The number of rotatable bonds is 13. The van der Waals surface area contributed by atoms with Crippen molar-refractivity contribution in [2.45, 2.75) is 59.8 Å². The monoisotopic (exact) mass is 625 g/mol. The van der Waals surface area contributed by atoms with Crippen LogP contribution < -0.4 is 10.9 Å². The molecule has 0 fully saturated rings. The van der Waals surface area contributed by atoms with Crippen molar-refractivity contribution in [3.63, 3.8) is 0 Å². The van der Waals surface area contributed by atoms with Crippen LogP contribution in [0.2, 0.25) is 0 Å². The van der Waals surface area contributed by atoms with Gasteiger partial charge in [-0.05, 0) is 83.0 Å². The third kappa shape index (κ3) is 9.35. The van der Waals surface area contributed by atoms with Crippen molar-refractivity contribution >= 4 is 11.8 Å². The molecule has 1 unspecified atom stereocenters. The van der Waals surface area contributed by atoms with Crippen molar-refractivity contribution in [1.82, 2.24) is 25.7 Å². The minimum atomic E-state index is -0.706. The minimum absolute atomic E-state index is 0.0194. The molecule has 0 bridgehead atoms. The lowest BCUT2D eigenvalue weighted by Gasteiger charge is -2.31. The molecule has 0 spiro atoms. The van der Waals surface area contributed by atoms with Crippen LogP contribution in [-0.4, -0.2) is 58.1 Å². The number of hydrogen-bond acceptors (Lipinski definition) is 8. The van der Waals surface area contributed by atoms with Crippen molar-refractivity contribution < 1.29 is 23.5 Å². The molecule has 1 aliphatic rings. The van der Waals surface area contributed by atoms with Gasteiger partial charge in [0.1, 0.15) is 17.1 Å². The Bertz CT molecular complexity index is 1620. The second-order valence-corrected chi connectivity index (χ2v) is 11.7. The zero-order valence-electron chi connectivity index (χ0n) is 27.4. The number of carbonyl (C=O) groups excluding carboxylic acids is 2. The molecule has 1 atom stereocenters. The average molecular weight is 626 g/mol. The number of ether oxygens (including phenoxy) is 2.